The van der Waals surface area contributed by atoms with Crippen LogP contribution in [0.4, 0.5) is 5.69 Å². The van der Waals surface area contributed by atoms with Gasteiger partial charge in [-0.05, 0) is 17.2 Å². The summed E-state index contributed by atoms with van der Waals surface area (Å²) in [4.78, 5) is 13.0. The number of ketones is 1. The van der Waals surface area contributed by atoms with Crippen LogP contribution in [0.25, 0.3) is 0 Å². The van der Waals surface area contributed by atoms with Gasteiger partial charge < -0.3 is 5.32 Å². The van der Waals surface area contributed by atoms with Gasteiger partial charge in [0.2, 0.25) is 0 Å². The lowest BCUT2D eigenvalue weighted by Crippen LogP contribution is -2.42. The molecule has 0 saturated carbocycles. The summed E-state index contributed by atoms with van der Waals surface area (Å²) in [6.45, 7) is 0. The number of carbonyl (C=O) groups is 1. The van der Waals surface area contributed by atoms with Crippen molar-refractivity contribution in [2.24, 2.45) is 5.41 Å². The third kappa shape index (κ3) is 3.16. The van der Waals surface area contributed by atoms with Crippen LogP contribution in [0, 0.1) is 28.1 Å². The molecule has 0 saturated heterocycles. The van der Waals surface area contributed by atoms with E-state index in [0.717, 1.165) is 16.8 Å². The van der Waals surface area contributed by atoms with E-state index in [2.05, 4.69) is 17.5 Å². The molecule has 0 bridgehead atoms. The summed E-state index contributed by atoms with van der Waals surface area (Å²) in [5.74, 6) is -0.623. The highest BCUT2D eigenvalue weighted by Gasteiger charge is 2.52. The van der Waals surface area contributed by atoms with Gasteiger partial charge in [0.1, 0.15) is 0 Å². The predicted octanol–water partition coefficient (Wildman–Crippen LogP) is 5.24. The molecule has 140 valence electrons. The number of anilines is 1. The fraction of sp³-hybridized carbons (Fsp3) is 0.160. The number of rotatable bonds is 4. The van der Waals surface area contributed by atoms with Crippen molar-refractivity contribution >= 4 is 11.5 Å². The molecule has 1 heterocycles. The van der Waals surface area contributed by atoms with E-state index in [1.165, 1.54) is 0 Å². The van der Waals surface area contributed by atoms with Crippen LogP contribution in [0.15, 0.2) is 84.9 Å². The fourth-order valence-electron chi connectivity index (χ4n) is 4.15. The molecule has 4 nitrogen and oxygen atoms in total. The minimum atomic E-state index is -1.42. The Labute approximate surface area is 170 Å². The summed E-state index contributed by atoms with van der Waals surface area (Å²) in [5, 5.41) is 23.9. The minimum Gasteiger partial charge on any atom is -0.375 e. The quantitative estimate of drug-likeness (QED) is 0.631. The molecule has 29 heavy (non-hydrogen) atoms. The lowest BCUT2D eigenvalue weighted by Gasteiger charge is -2.42. The van der Waals surface area contributed by atoms with E-state index >= 15 is 0 Å². The van der Waals surface area contributed by atoms with E-state index in [9.17, 15) is 15.3 Å². The largest absolute Gasteiger partial charge is 0.375 e. The Morgan fingerprint density at radius 1 is 0.862 bits per heavy atom. The molecule has 3 aromatic carbocycles. The molecule has 1 aliphatic rings. The number of Topliss-reactive ketones (excluding diaryl/α,β-unsaturated/α-hetero) is 1. The summed E-state index contributed by atoms with van der Waals surface area (Å²) < 4.78 is 0. The van der Waals surface area contributed by atoms with Gasteiger partial charge in [0, 0.05) is 23.6 Å². The Morgan fingerprint density at radius 2 is 1.45 bits per heavy atom. The SMILES string of the molecule is N#CC1(C#N)[C@H](CC(=O)c2ccccc2)c2ccccc2N[C@H]1c1ccccc1. The summed E-state index contributed by atoms with van der Waals surface area (Å²) in [7, 11) is 0. The number of nitriles is 2. The average molecular weight is 377 g/mol. The lowest BCUT2D eigenvalue weighted by molar-refractivity contribution is 0.0957. The third-order valence-electron chi connectivity index (χ3n) is 5.63. The number of nitrogens with one attached hydrogen (secondary N) is 1. The van der Waals surface area contributed by atoms with E-state index in [1.807, 2.05) is 72.8 Å². The Hall–Kier alpha value is -3.89. The Bertz CT molecular complexity index is 1100. The van der Waals surface area contributed by atoms with Crippen LogP contribution < -0.4 is 5.32 Å². The standard InChI is InChI=1S/C25H19N3O/c26-16-25(17-27)21(15-23(29)18-9-3-1-4-10-18)20-13-7-8-14-22(20)28-24(25)19-11-5-2-6-12-19/h1-14,21,24,28H,15H2/t21-,24+/m1/s1. The maximum Gasteiger partial charge on any atom is 0.175 e. The van der Waals surface area contributed by atoms with Crippen molar-refractivity contribution in [1.82, 2.24) is 0 Å². The number of hydrogen-bond donors (Lipinski definition) is 1. The minimum absolute atomic E-state index is 0.0750. The monoisotopic (exact) mass is 377 g/mol. The molecule has 4 heteroatoms. The fourth-order valence-corrected chi connectivity index (χ4v) is 4.15. The Balaban J connectivity index is 1.85. The van der Waals surface area contributed by atoms with E-state index in [-0.39, 0.29) is 12.2 Å². The topological polar surface area (TPSA) is 76.7 Å². The van der Waals surface area contributed by atoms with Crippen LogP contribution in [-0.4, -0.2) is 5.78 Å². The van der Waals surface area contributed by atoms with Crippen molar-refractivity contribution in [3.05, 3.63) is 102 Å². The summed E-state index contributed by atoms with van der Waals surface area (Å²) >= 11 is 0. The van der Waals surface area contributed by atoms with E-state index < -0.39 is 17.4 Å². The zero-order chi connectivity index (χ0) is 20.3. The van der Waals surface area contributed by atoms with Crippen LogP contribution in [0.5, 0.6) is 0 Å². The molecule has 4 rings (SSSR count). The summed E-state index contributed by atoms with van der Waals surface area (Å²) in [6, 6.07) is 30.2. The number of nitrogens with zero attached hydrogens (tertiary/aromatic N) is 2. The number of carbonyl (C=O) groups excluding carboxylic acids is 1. The molecule has 1 aliphatic heterocycles. The Morgan fingerprint density at radius 3 is 2.10 bits per heavy atom. The molecule has 0 spiro atoms. The van der Waals surface area contributed by atoms with Crippen LogP contribution >= 0.6 is 0 Å². The van der Waals surface area contributed by atoms with Gasteiger partial charge >= 0.3 is 0 Å². The van der Waals surface area contributed by atoms with Crippen molar-refractivity contribution in [2.45, 2.75) is 18.4 Å². The van der Waals surface area contributed by atoms with Crippen molar-refractivity contribution in [3.63, 3.8) is 0 Å². The predicted molar refractivity (Wildman–Crippen MR) is 111 cm³/mol. The van der Waals surface area contributed by atoms with E-state index in [4.69, 9.17) is 0 Å². The third-order valence-corrected chi connectivity index (χ3v) is 5.63. The van der Waals surface area contributed by atoms with Crippen molar-refractivity contribution < 1.29 is 4.79 Å². The second-order valence-electron chi connectivity index (χ2n) is 7.21. The first-order valence-electron chi connectivity index (χ1n) is 9.51. The van der Waals surface area contributed by atoms with Gasteiger partial charge in [0.05, 0.1) is 18.2 Å². The smallest absolute Gasteiger partial charge is 0.175 e. The second kappa shape index (κ2) is 7.62. The molecule has 3 aromatic rings. The van der Waals surface area contributed by atoms with Gasteiger partial charge in [0.25, 0.3) is 0 Å². The first-order chi connectivity index (χ1) is 14.2. The molecule has 0 unspecified atom stereocenters. The second-order valence-corrected chi connectivity index (χ2v) is 7.21. The van der Waals surface area contributed by atoms with Crippen molar-refractivity contribution in [2.75, 3.05) is 5.32 Å². The van der Waals surface area contributed by atoms with Crippen molar-refractivity contribution in [3.8, 4) is 12.1 Å². The molecular weight excluding hydrogens is 358 g/mol. The molecule has 0 aliphatic carbocycles. The van der Waals surface area contributed by atoms with Gasteiger partial charge in [-0.15, -0.1) is 0 Å². The van der Waals surface area contributed by atoms with Gasteiger partial charge in [-0.3, -0.25) is 4.79 Å². The summed E-state index contributed by atoms with van der Waals surface area (Å²) in [5.41, 5.74) is 1.70. The number of fused-ring (bicyclic) bond motifs is 1. The number of hydrogen-bond acceptors (Lipinski definition) is 4. The first-order valence-corrected chi connectivity index (χ1v) is 9.51. The number of para-hydroxylation sites is 1. The van der Waals surface area contributed by atoms with Crippen LogP contribution in [0.3, 0.4) is 0 Å². The average Bonchev–Trinajstić information content (AvgIpc) is 2.80. The highest BCUT2D eigenvalue weighted by molar-refractivity contribution is 5.97. The summed E-state index contributed by atoms with van der Waals surface area (Å²) in [6.07, 6.45) is 0.0904. The molecule has 0 radical (unpaired) electrons. The van der Waals surface area contributed by atoms with E-state index in [1.54, 1.807) is 12.1 Å². The number of benzene rings is 3. The van der Waals surface area contributed by atoms with Crippen LogP contribution in [-0.2, 0) is 0 Å². The molecule has 0 aromatic heterocycles. The normalized spacial score (nSPS) is 19.1. The first kappa shape index (κ1) is 18.5. The van der Waals surface area contributed by atoms with Crippen molar-refractivity contribution in [1.29, 1.82) is 10.5 Å². The van der Waals surface area contributed by atoms with Gasteiger partial charge in [-0.2, -0.15) is 10.5 Å². The van der Waals surface area contributed by atoms with Gasteiger partial charge in [-0.1, -0.05) is 78.9 Å². The van der Waals surface area contributed by atoms with Gasteiger partial charge in [0.15, 0.2) is 11.2 Å². The molecule has 0 fully saturated rings. The van der Waals surface area contributed by atoms with Crippen LogP contribution in [0.1, 0.15) is 39.9 Å². The molecular formula is C25H19N3O. The molecule has 2 atom stereocenters. The van der Waals surface area contributed by atoms with E-state index in [0.29, 0.717) is 5.56 Å². The highest BCUT2D eigenvalue weighted by atomic mass is 16.1. The van der Waals surface area contributed by atoms with Gasteiger partial charge in [-0.25, -0.2) is 0 Å². The maximum atomic E-state index is 13.0. The zero-order valence-electron chi connectivity index (χ0n) is 15.7. The lowest BCUT2D eigenvalue weighted by atomic mass is 9.63. The molecule has 0 amide bonds. The van der Waals surface area contributed by atoms with Crippen LogP contribution in [0.2, 0.25) is 0 Å². The molecule has 1 N–H and O–H groups in total. The zero-order valence-corrected chi connectivity index (χ0v) is 15.7. The Kier molecular flexibility index (Phi) is 4.85. The highest BCUT2D eigenvalue weighted by Crippen LogP contribution is 2.54. The maximum absolute atomic E-state index is 13.0.